The molecule has 0 radical (unpaired) electrons. The largest absolute Gasteiger partial charge is 0.418 e. The van der Waals surface area contributed by atoms with Gasteiger partial charge in [0.2, 0.25) is 0 Å². The molecule has 2 aliphatic rings. The molecule has 2 heterocycles. The molecule has 1 fully saturated rings. The number of amides is 2. The van der Waals surface area contributed by atoms with Gasteiger partial charge in [0.05, 0.1) is 11.3 Å². The molecule has 2 amide bonds. The maximum absolute atomic E-state index is 13.1. The third kappa shape index (κ3) is 3.85. The number of halogens is 3. The Morgan fingerprint density at radius 2 is 1.79 bits per heavy atom. The summed E-state index contributed by atoms with van der Waals surface area (Å²) in [6, 6.07) is 12.9. The summed E-state index contributed by atoms with van der Waals surface area (Å²) in [7, 11) is 0. The average Bonchev–Trinajstić information content (AvgIpc) is 2.67. The second kappa shape index (κ2) is 7.47. The van der Waals surface area contributed by atoms with Gasteiger partial charge in [-0.2, -0.15) is 13.2 Å². The third-order valence-electron chi connectivity index (χ3n) is 5.61. The van der Waals surface area contributed by atoms with Gasteiger partial charge in [0.15, 0.2) is 0 Å². The first kappa shape index (κ1) is 18.8. The summed E-state index contributed by atoms with van der Waals surface area (Å²) >= 11 is 0. The van der Waals surface area contributed by atoms with Gasteiger partial charge in [-0.05, 0) is 42.5 Å². The van der Waals surface area contributed by atoms with E-state index in [1.165, 1.54) is 29.3 Å². The monoisotopic (exact) mass is 389 g/mol. The summed E-state index contributed by atoms with van der Waals surface area (Å²) in [4.78, 5) is 14.8. The van der Waals surface area contributed by atoms with Crippen LogP contribution >= 0.6 is 0 Å². The Hall–Kier alpha value is -2.54. The quantitative estimate of drug-likeness (QED) is 0.789. The summed E-state index contributed by atoms with van der Waals surface area (Å²) in [5, 5.41) is 5.24. The number of alkyl halides is 3. The van der Waals surface area contributed by atoms with Gasteiger partial charge in [-0.15, -0.1) is 0 Å². The SMILES string of the molecule is O=C(Nc1ccccc1C(F)(F)F)NC1CCN2CCc3ccccc3C2C1. The van der Waals surface area contributed by atoms with Gasteiger partial charge in [-0.25, -0.2) is 4.79 Å². The summed E-state index contributed by atoms with van der Waals surface area (Å²) in [5.41, 5.74) is 1.56. The number of fused-ring (bicyclic) bond motifs is 3. The van der Waals surface area contributed by atoms with Crippen LogP contribution in [0.25, 0.3) is 0 Å². The van der Waals surface area contributed by atoms with Crippen LogP contribution in [0.4, 0.5) is 23.7 Å². The van der Waals surface area contributed by atoms with E-state index in [0.717, 1.165) is 38.4 Å². The van der Waals surface area contributed by atoms with Crippen molar-refractivity contribution in [2.24, 2.45) is 0 Å². The van der Waals surface area contributed by atoms with Crippen LogP contribution in [0.2, 0.25) is 0 Å². The summed E-state index contributed by atoms with van der Waals surface area (Å²) in [5.74, 6) is 0. The van der Waals surface area contributed by atoms with Crippen molar-refractivity contribution in [2.45, 2.75) is 37.5 Å². The Labute approximate surface area is 161 Å². The van der Waals surface area contributed by atoms with Crippen molar-refractivity contribution in [1.29, 1.82) is 0 Å². The van der Waals surface area contributed by atoms with E-state index in [2.05, 4.69) is 27.7 Å². The number of nitrogens with one attached hydrogen (secondary N) is 2. The van der Waals surface area contributed by atoms with Crippen LogP contribution in [0.3, 0.4) is 0 Å². The van der Waals surface area contributed by atoms with E-state index in [1.807, 2.05) is 12.1 Å². The van der Waals surface area contributed by atoms with Crippen LogP contribution in [0.5, 0.6) is 0 Å². The Morgan fingerprint density at radius 3 is 2.61 bits per heavy atom. The minimum atomic E-state index is -4.51. The number of hydrogen-bond acceptors (Lipinski definition) is 2. The molecule has 4 nitrogen and oxygen atoms in total. The molecule has 2 N–H and O–H groups in total. The highest BCUT2D eigenvalue weighted by Crippen LogP contribution is 2.37. The molecule has 7 heteroatoms. The van der Waals surface area contributed by atoms with E-state index in [1.54, 1.807) is 0 Å². The number of carbonyl (C=O) groups excluding carboxylic acids is 1. The number of anilines is 1. The summed E-state index contributed by atoms with van der Waals surface area (Å²) in [6.45, 7) is 1.86. The van der Waals surface area contributed by atoms with E-state index in [-0.39, 0.29) is 17.8 Å². The fourth-order valence-corrected chi connectivity index (χ4v) is 4.27. The number of hydrogen-bond donors (Lipinski definition) is 2. The van der Waals surface area contributed by atoms with Crippen molar-refractivity contribution in [2.75, 3.05) is 18.4 Å². The molecule has 2 aliphatic heterocycles. The van der Waals surface area contributed by atoms with Gasteiger partial charge in [0.1, 0.15) is 0 Å². The lowest BCUT2D eigenvalue weighted by Crippen LogP contribution is -2.49. The van der Waals surface area contributed by atoms with E-state index in [4.69, 9.17) is 0 Å². The molecule has 0 bridgehead atoms. The predicted octanol–water partition coefficient (Wildman–Crippen LogP) is 4.59. The highest BCUT2D eigenvalue weighted by atomic mass is 19.4. The maximum Gasteiger partial charge on any atom is 0.418 e. The first-order valence-electron chi connectivity index (χ1n) is 9.47. The smallest absolute Gasteiger partial charge is 0.335 e. The maximum atomic E-state index is 13.1. The highest BCUT2D eigenvalue weighted by molar-refractivity contribution is 5.90. The van der Waals surface area contributed by atoms with Gasteiger partial charge >= 0.3 is 12.2 Å². The number of piperidine rings is 1. The molecule has 148 valence electrons. The van der Waals surface area contributed by atoms with Crippen LogP contribution in [0, 0.1) is 0 Å². The van der Waals surface area contributed by atoms with E-state index < -0.39 is 17.8 Å². The molecule has 2 aromatic carbocycles. The minimum Gasteiger partial charge on any atom is -0.335 e. The van der Waals surface area contributed by atoms with Crippen molar-refractivity contribution in [3.63, 3.8) is 0 Å². The molecular weight excluding hydrogens is 367 g/mol. The standard InChI is InChI=1S/C21H22F3N3O/c22-21(23,24)17-7-3-4-8-18(17)26-20(28)25-15-10-12-27-11-9-14-5-1-2-6-16(14)19(27)13-15/h1-8,15,19H,9-13H2,(H2,25,26,28). The van der Waals surface area contributed by atoms with E-state index in [9.17, 15) is 18.0 Å². The van der Waals surface area contributed by atoms with Gasteiger partial charge in [0, 0.05) is 25.2 Å². The fourth-order valence-electron chi connectivity index (χ4n) is 4.27. The minimum absolute atomic E-state index is 0.0783. The molecule has 0 spiro atoms. The molecular formula is C21H22F3N3O. The van der Waals surface area contributed by atoms with Crippen molar-refractivity contribution in [3.05, 3.63) is 65.2 Å². The molecule has 0 saturated carbocycles. The zero-order valence-corrected chi connectivity index (χ0v) is 15.3. The van der Waals surface area contributed by atoms with Crippen molar-refractivity contribution < 1.29 is 18.0 Å². The van der Waals surface area contributed by atoms with Crippen LogP contribution in [0.15, 0.2) is 48.5 Å². The van der Waals surface area contributed by atoms with Crippen LogP contribution in [0.1, 0.15) is 35.6 Å². The van der Waals surface area contributed by atoms with Crippen molar-refractivity contribution in [3.8, 4) is 0 Å². The zero-order chi connectivity index (χ0) is 19.7. The van der Waals surface area contributed by atoms with Crippen LogP contribution < -0.4 is 10.6 Å². The van der Waals surface area contributed by atoms with Gasteiger partial charge in [-0.3, -0.25) is 4.90 Å². The van der Waals surface area contributed by atoms with Crippen molar-refractivity contribution in [1.82, 2.24) is 10.2 Å². The topological polar surface area (TPSA) is 44.4 Å². The normalized spacial score (nSPS) is 22.1. The van der Waals surface area contributed by atoms with E-state index >= 15 is 0 Å². The zero-order valence-electron chi connectivity index (χ0n) is 15.3. The Kier molecular flexibility index (Phi) is 5.02. The average molecular weight is 389 g/mol. The molecule has 2 atom stereocenters. The lowest BCUT2D eigenvalue weighted by molar-refractivity contribution is -0.136. The molecule has 0 aromatic heterocycles. The second-order valence-corrected chi connectivity index (χ2v) is 7.36. The molecule has 2 unspecified atom stereocenters. The molecule has 28 heavy (non-hydrogen) atoms. The highest BCUT2D eigenvalue weighted by Gasteiger charge is 2.35. The lowest BCUT2D eigenvalue weighted by Gasteiger charge is -2.43. The molecule has 0 aliphatic carbocycles. The molecule has 1 saturated heterocycles. The van der Waals surface area contributed by atoms with Gasteiger partial charge in [0.25, 0.3) is 0 Å². The Morgan fingerprint density at radius 1 is 1.04 bits per heavy atom. The fraction of sp³-hybridized carbons (Fsp3) is 0.381. The Bertz CT molecular complexity index is 868. The van der Waals surface area contributed by atoms with Crippen molar-refractivity contribution >= 4 is 11.7 Å². The number of para-hydroxylation sites is 1. The van der Waals surface area contributed by atoms with Gasteiger partial charge < -0.3 is 10.6 Å². The van der Waals surface area contributed by atoms with Gasteiger partial charge in [-0.1, -0.05) is 36.4 Å². The predicted molar refractivity (Wildman–Crippen MR) is 101 cm³/mol. The first-order chi connectivity index (χ1) is 13.4. The van der Waals surface area contributed by atoms with E-state index in [0.29, 0.717) is 0 Å². The number of carbonyl (C=O) groups is 1. The number of rotatable bonds is 2. The lowest BCUT2D eigenvalue weighted by atomic mass is 9.85. The first-order valence-corrected chi connectivity index (χ1v) is 9.47. The Balaban J connectivity index is 1.43. The molecule has 4 rings (SSSR count). The summed E-state index contributed by atoms with van der Waals surface area (Å²) in [6.07, 6.45) is -1.95. The molecule has 2 aromatic rings. The number of urea groups is 1. The second-order valence-electron chi connectivity index (χ2n) is 7.36. The summed E-state index contributed by atoms with van der Waals surface area (Å²) < 4.78 is 39.3. The number of benzene rings is 2. The number of nitrogens with zero attached hydrogens (tertiary/aromatic N) is 1. The third-order valence-corrected chi connectivity index (χ3v) is 5.61. The van der Waals surface area contributed by atoms with Crippen LogP contribution in [-0.4, -0.2) is 30.1 Å². The van der Waals surface area contributed by atoms with Crippen LogP contribution in [-0.2, 0) is 12.6 Å².